The smallest absolute Gasteiger partial charge is 0.240 e. The van der Waals surface area contributed by atoms with Crippen molar-refractivity contribution < 1.29 is 9.18 Å². The molecule has 1 amide bonds. The lowest BCUT2D eigenvalue weighted by Crippen LogP contribution is -2.38. The minimum Gasteiger partial charge on any atom is -0.341 e. The van der Waals surface area contributed by atoms with Crippen LogP contribution >= 0.6 is 11.8 Å². The highest BCUT2D eigenvalue weighted by Crippen LogP contribution is 2.39. The zero-order valence-corrected chi connectivity index (χ0v) is 19.4. The number of piperidine rings is 1. The number of benzene rings is 2. The van der Waals surface area contributed by atoms with Crippen molar-refractivity contribution >= 4 is 17.7 Å². The highest BCUT2D eigenvalue weighted by atomic mass is 32.2. The molecule has 0 bridgehead atoms. The first-order valence-electron chi connectivity index (χ1n) is 11.3. The van der Waals surface area contributed by atoms with Gasteiger partial charge in [0, 0.05) is 36.7 Å². The van der Waals surface area contributed by atoms with Crippen LogP contribution in [0.2, 0.25) is 0 Å². The number of halogens is 1. The van der Waals surface area contributed by atoms with Gasteiger partial charge >= 0.3 is 0 Å². The summed E-state index contributed by atoms with van der Waals surface area (Å²) in [5.74, 6) is 0.364. The van der Waals surface area contributed by atoms with Gasteiger partial charge in [0.15, 0.2) is 11.0 Å². The van der Waals surface area contributed by atoms with Crippen LogP contribution < -0.4 is 0 Å². The van der Waals surface area contributed by atoms with Crippen LogP contribution in [0.4, 0.5) is 4.39 Å². The maximum Gasteiger partial charge on any atom is 0.240 e. The van der Waals surface area contributed by atoms with Crippen molar-refractivity contribution in [2.24, 2.45) is 0 Å². The summed E-state index contributed by atoms with van der Waals surface area (Å²) in [6.45, 7) is 1.55. The Balaban J connectivity index is 1.57. The molecule has 1 fully saturated rings. The molecule has 3 heterocycles. The first-order valence-corrected chi connectivity index (χ1v) is 12.2. The second kappa shape index (κ2) is 10.2. The van der Waals surface area contributed by atoms with Gasteiger partial charge in [0.05, 0.1) is 0 Å². The Kier molecular flexibility index (Phi) is 6.67. The van der Waals surface area contributed by atoms with Crippen LogP contribution in [0.15, 0.2) is 84.3 Å². The Bertz CT molecular complexity index is 1240. The molecule has 1 unspecified atom stereocenters. The summed E-state index contributed by atoms with van der Waals surface area (Å²) < 4.78 is 15.6. The molecule has 4 aromatic rings. The number of aromatic nitrogens is 4. The van der Waals surface area contributed by atoms with E-state index in [1.807, 2.05) is 51.9 Å². The van der Waals surface area contributed by atoms with Gasteiger partial charge in [-0.05, 0) is 61.2 Å². The van der Waals surface area contributed by atoms with E-state index in [0.717, 1.165) is 49.2 Å². The quantitative estimate of drug-likeness (QED) is 0.355. The molecule has 5 rings (SSSR count). The molecule has 2 aromatic heterocycles. The second-order valence-electron chi connectivity index (χ2n) is 8.15. The summed E-state index contributed by atoms with van der Waals surface area (Å²) in [4.78, 5) is 19.7. The summed E-state index contributed by atoms with van der Waals surface area (Å²) in [6, 6.07) is 19.7. The molecule has 34 heavy (non-hydrogen) atoms. The number of nitrogens with zero attached hydrogens (tertiary/aromatic N) is 5. The molecule has 0 radical (unpaired) electrons. The highest BCUT2D eigenvalue weighted by molar-refractivity contribution is 8.00. The van der Waals surface area contributed by atoms with Gasteiger partial charge in [0.1, 0.15) is 11.1 Å². The number of amides is 1. The second-order valence-corrected chi connectivity index (χ2v) is 9.22. The Morgan fingerprint density at radius 2 is 1.59 bits per heavy atom. The molecule has 8 heteroatoms. The van der Waals surface area contributed by atoms with Crippen LogP contribution in [0.1, 0.15) is 30.1 Å². The van der Waals surface area contributed by atoms with E-state index in [0.29, 0.717) is 11.0 Å². The first-order chi connectivity index (χ1) is 16.7. The number of carbonyl (C=O) groups excluding carboxylic acids is 1. The van der Waals surface area contributed by atoms with Gasteiger partial charge in [-0.25, -0.2) is 4.39 Å². The maximum atomic E-state index is 13.7. The normalized spacial score (nSPS) is 14.7. The molecular formula is C26H24FN5OS. The third kappa shape index (κ3) is 4.72. The third-order valence-corrected chi connectivity index (χ3v) is 7.06. The summed E-state index contributed by atoms with van der Waals surface area (Å²) in [6.07, 6.45) is 6.59. The zero-order valence-electron chi connectivity index (χ0n) is 18.5. The van der Waals surface area contributed by atoms with Crippen molar-refractivity contribution in [3.8, 4) is 17.1 Å². The number of pyridine rings is 1. The predicted molar refractivity (Wildman–Crippen MR) is 130 cm³/mol. The summed E-state index contributed by atoms with van der Waals surface area (Å²) in [5.41, 5.74) is 2.47. The number of likely N-dealkylation sites (tertiary alicyclic amines) is 1. The van der Waals surface area contributed by atoms with Crippen LogP contribution in [0.3, 0.4) is 0 Å². The summed E-state index contributed by atoms with van der Waals surface area (Å²) >= 11 is 1.37. The molecule has 0 saturated carbocycles. The predicted octanol–water partition coefficient (Wildman–Crippen LogP) is 5.31. The Morgan fingerprint density at radius 1 is 0.882 bits per heavy atom. The molecular weight excluding hydrogens is 449 g/mol. The van der Waals surface area contributed by atoms with Crippen LogP contribution in [-0.2, 0) is 4.79 Å². The van der Waals surface area contributed by atoms with Crippen LogP contribution in [0.25, 0.3) is 17.1 Å². The number of hydrogen-bond donors (Lipinski definition) is 0. The number of thioether (sulfide) groups is 1. The van der Waals surface area contributed by atoms with Crippen molar-refractivity contribution in [3.63, 3.8) is 0 Å². The van der Waals surface area contributed by atoms with Crippen LogP contribution in [0.5, 0.6) is 0 Å². The van der Waals surface area contributed by atoms with Crippen LogP contribution in [-0.4, -0.2) is 43.6 Å². The van der Waals surface area contributed by atoms with Gasteiger partial charge in [-0.3, -0.25) is 14.3 Å². The number of rotatable bonds is 6. The summed E-state index contributed by atoms with van der Waals surface area (Å²) in [5, 5.41) is 9.03. The minimum absolute atomic E-state index is 0.0787. The van der Waals surface area contributed by atoms with Gasteiger partial charge < -0.3 is 4.90 Å². The van der Waals surface area contributed by atoms with E-state index < -0.39 is 5.25 Å². The number of carbonyl (C=O) groups is 1. The lowest BCUT2D eigenvalue weighted by Gasteiger charge is -2.30. The molecule has 2 aromatic carbocycles. The molecule has 1 aliphatic rings. The van der Waals surface area contributed by atoms with Gasteiger partial charge in [0.2, 0.25) is 5.91 Å². The van der Waals surface area contributed by atoms with Gasteiger partial charge in [0.25, 0.3) is 0 Å². The van der Waals surface area contributed by atoms with Gasteiger partial charge in [-0.2, -0.15) is 0 Å². The SMILES string of the molecule is O=C(C(Sc1nnc(-c2ccncc2)n1-c1ccc(F)cc1)c1ccccc1)N1CCCCC1. The lowest BCUT2D eigenvalue weighted by atomic mass is 10.1. The fraction of sp³-hybridized carbons (Fsp3) is 0.231. The van der Waals surface area contributed by atoms with E-state index in [9.17, 15) is 9.18 Å². The Morgan fingerprint density at radius 3 is 2.29 bits per heavy atom. The van der Waals surface area contributed by atoms with Crippen molar-refractivity contribution in [2.45, 2.75) is 29.7 Å². The Hall–Kier alpha value is -3.52. The largest absolute Gasteiger partial charge is 0.341 e. The fourth-order valence-electron chi connectivity index (χ4n) is 4.13. The average Bonchev–Trinajstić information content (AvgIpc) is 3.32. The van der Waals surface area contributed by atoms with E-state index in [4.69, 9.17) is 0 Å². The van der Waals surface area contributed by atoms with E-state index in [-0.39, 0.29) is 11.7 Å². The minimum atomic E-state index is -0.465. The first kappa shape index (κ1) is 22.3. The lowest BCUT2D eigenvalue weighted by molar-refractivity contribution is -0.131. The standard InChI is InChI=1S/C26H24FN5OS/c27-21-9-11-22(12-10-21)32-24(20-13-15-28-16-14-20)29-30-26(32)34-23(19-7-3-1-4-8-19)25(33)31-17-5-2-6-18-31/h1,3-4,7-16,23H,2,5-6,17-18H2. The molecule has 0 N–H and O–H groups in total. The molecule has 6 nitrogen and oxygen atoms in total. The van der Waals surface area contributed by atoms with E-state index in [2.05, 4.69) is 15.2 Å². The average molecular weight is 474 g/mol. The number of hydrogen-bond acceptors (Lipinski definition) is 5. The molecule has 1 saturated heterocycles. The van der Waals surface area contributed by atoms with Crippen molar-refractivity contribution in [3.05, 3.63) is 90.5 Å². The molecule has 1 atom stereocenters. The fourth-order valence-corrected chi connectivity index (χ4v) is 5.27. The molecule has 172 valence electrons. The van der Waals surface area contributed by atoms with E-state index in [1.165, 1.54) is 23.9 Å². The van der Waals surface area contributed by atoms with Crippen molar-refractivity contribution in [2.75, 3.05) is 13.1 Å². The monoisotopic (exact) mass is 473 g/mol. The zero-order chi connectivity index (χ0) is 23.3. The molecule has 0 spiro atoms. The highest BCUT2D eigenvalue weighted by Gasteiger charge is 2.30. The van der Waals surface area contributed by atoms with Crippen molar-refractivity contribution in [1.82, 2.24) is 24.6 Å². The van der Waals surface area contributed by atoms with Crippen LogP contribution in [0, 0.1) is 5.82 Å². The Labute approximate surface area is 201 Å². The third-order valence-electron chi connectivity index (χ3n) is 5.87. The van der Waals surface area contributed by atoms with Gasteiger partial charge in [-0.15, -0.1) is 10.2 Å². The maximum absolute atomic E-state index is 13.7. The van der Waals surface area contributed by atoms with E-state index >= 15 is 0 Å². The topological polar surface area (TPSA) is 63.9 Å². The van der Waals surface area contributed by atoms with Gasteiger partial charge in [-0.1, -0.05) is 42.1 Å². The summed E-state index contributed by atoms with van der Waals surface area (Å²) in [7, 11) is 0. The van der Waals surface area contributed by atoms with Crippen molar-refractivity contribution in [1.29, 1.82) is 0 Å². The molecule has 0 aliphatic carbocycles. The van der Waals surface area contributed by atoms with E-state index in [1.54, 1.807) is 24.5 Å². The molecule has 1 aliphatic heterocycles.